The average Bonchev–Trinajstić information content (AvgIpc) is 2.63. The number of hydrogen-bond donors (Lipinski definition) is 2. The van der Waals surface area contributed by atoms with Gasteiger partial charge in [-0.1, -0.05) is 43.0 Å². The molecule has 2 N–H and O–H groups in total. The van der Waals surface area contributed by atoms with Gasteiger partial charge in [0.1, 0.15) is 0 Å². The second-order valence-corrected chi connectivity index (χ2v) is 6.90. The molecule has 0 saturated carbocycles. The predicted octanol–water partition coefficient (Wildman–Crippen LogP) is 1.89. The lowest BCUT2D eigenvalue weighted by Gasteiger charge is -2.29. The second kappa shape index (κ2) is 10.1. The Labute approximate surface area is 152 Å². The van der Waals surface area contributed by atoms with E-state index in [2.05, 4.69) is 21.5 Å². The van der Waals surface area contributed by atoms with Crippen LogP contribution in [0.1, 0.15) is 12.5 Å². The minimum Gasteiger partial charge on any atom is -0.593 e. The van der Waals surface area contributed by atoms with Crippen molar-refractivity contribution in [1.82, 2.24) is 14.9 Å². The van der Waals surface area contributed by atoms with E-state index in [4.69, 9.17) is 0 Å². The molecule has 1 aliphatic heterocycles. The van der Waals surface area contributed by atoms with Crippen LogP contribution in [0.3, 0.4) is 0 Å². The number of nitrogens with one attached hydrogen (secondary N) is 2. The first-order valence-corrected chi connectivity index (χ1v) is 9.64. The molecule has 1 aromatic rings. The molecule has 1 amide bonds. The van der Waals surface area contributed by atoms with E-state index in [0.29, 0.717) is 11.3 Å². The maximum Gasteiger partial charge on any atom is 0.291 e. The molecular weight excluding hydrogens is 334 g/mol. The van der Waals surface area contributed by atoms with E-state index in [0.717, 1.165) is 37.4 Å². The van der Waals surface area contributed by atoms with E-state index in [1.54, 1.807) is 19.1 Å². The molecule has 134 valence electrons. The van der Waals surface area contributed by atoms with Crippen LogP contribution in [-0.2, 0) is 21.9 Å². The van der Waals surface area contributed by atoms with Gasteiger partial charge in [-0.3, -0.25) is 4.79 Å². The van der Waals surface area contributed by atoms with Crippen molar-refractivity contribution in [3.63, 3.8) is 0 Å². The fraction of sp³-hybridized carbons (Fsp3) is 0.316. The molecule has 0 aromatic heterocycles. The van der Waals surface area contributed by atoms with E-state index < -0.39 is 11.4 Å². The Morgan fingerprint density at radius 3 is 2.64 bits per heavy atom. The zero-order valence-corrected chi connectivity index (χ0v) is 15.3. The van der Waals surface area contributed by atoms with Crippen LogP contribution in [-0.4, -0.2) is 41.5 Å². The number of piperazine rings is 1. The van der Waals surface area contributed by atoms with Crippen molar-refractivity contribution in [1.29, 1.82) is 0 Å². The third kappa shape index (κ3) is 6.42. The number of allylic oxidation sites excluding steroid dienone is 2. The summed E-state index contributed by atoms with van der Waals surface area (Å²) in [5, 5.41) is 3.29. The minimum atomic E-state index is -1.46. The number of carbonyl (C=O) groups excluding carboxylic acids is 1. The third-order valence-electron chi connectivity index (χ3n) is 3.90. The highest BCUT2D eigenvalue weighted by molar-refractivity contribution is 7.89. The van der Waals surface area contributed by atoms with Crippen LogP contribution in [0.5, 0.6) is 0 Å². The standard InChI is InChI=1S/C19H25N3O2S/c1-3-18(10-9-16(2)22-13-11-20-12-14-22)19(23)21-25(24)15-17-7-5-4-6-8-17/h3-10,20H,2,11-15H2,1H3,(H,21,23)/b10-9-,18-3+. The van der Waals surface area contributed by atoms with E-state index >= 15 is 0 Å². The molecule has 2 rings (SSSR count). The summed E-state index contributed by atoms with van der Waals surface area (Å²) in [5.41, 5.74) is 2.27. The Morgan fingerprint density at radius 2 is 2.00 bits per heavy atom. The minimum absolute atomic E-state index is 0.292. The summed E-state index contributed by atoms with van der Waals surface area (Å²) in [6.07, 6.45) is 5.26. The molecule has 0 spiro atoms. The van der Waals surface area contributed by atoms with Crippen LogP contribution in [0, 0.1) is 0 Å². The molecule has 1 aliphatic rings. The SMILES string of the molecule is C=C(/C=C\C(=C/C)C(=O)N[S+]([O-])Cc1ccccc1)N1CCNCC1. The van der Waals surface area contributed by atoms with E-state index in [9.17, 15) is 9.35 Å². The van der Waals surface area contributed by atoms with E-state index in [-0.39, 0.29) is 5.91 Å². The van der Waals surface area contributed by atoms with Crippen LogP contribution < -0.4 is 10.0 Å². The fourth-order valence-electron chi connectivity index (χ4n) is 2.47. The summed E-state index contributed by atoms with van der Waals surface area (Å²) in [6.45, 7) is 9.51. The van der Waals surface area contributed by atoms with Gasteiger partial charge in [0.25, 0.3) is 5.91 Å². The lowest BCUT2D eigenvalue weighted by molar-refractivity contribution is -0.115. The van der Waals surface area contributed by atoms with Gasteiger partial charge in [0.05, 0.1) is 11.4 Å². The Morgan fingerprint density at radius 1 is 1.32 bits per heavy atom. The lowest BCUT2D eigenvalue weighted by Crippen LogP contribution is -2.42. The van der Waals surface area contributed by atoms with Crippen LogP contribution in [0.15, 0.2) is 66.4 Å². The van der Waals surface area contributed by atoms with Gasteiger partial charge in [-0.05, 0) is 19.1 Å². The molecule has 1 unspecified atom stereocenters. The average molecular weight is 359 g/mol. The first kappa shape index (κ1) is 19.3. The number of hydrogen-bond acceptors (Lipinski definition) is 4. The van der Waals surface area contributed by atoms with Gasteiger partial charge in [0.15, 0.2) is 5.75 Å². The Bertz CT molecular complexity index is 637. The first-order valence-electron chi connectivity index (χ1n) is 8.32. The molecular formula is C19H25N3O2S. The zero-order valence-electron chi connectivity index (χ0n) is 14.5. The lowest BCUT2D eigenvalue weighted by atomic mass is 10.2. The maximum atomic E-state index is 12.3. The van der Waals surface area contributed by atoms with Crippen molar-refractivity contribution in [3.8, 4) is 0 Å². The largest absolute Gasteiger partial charge is 0.593 e. The van der Waals surface area contributed by atoms with Gasteiger partial charge in [-0.2, -0.15) is 4.72 Å². The summed E-state index contributed by atoms with van der Waals surface area (Å²) in [5.74, 6) is -0.0537. The summed E-state index contributed by atoms with van der Waals surface area (Å²) in [4.78, 5) is 14.5. The van der Waals surface area contributed by atoms with Gasteiger partial charge in [0.2, 0.25) is 0 Å². The van der Waals surface area contributed by atoms with Crippen LogP contribution in [0.25, 0.3) is 0 Å². The van der Waals surface area contributed by atoms with Crippen molar-refractivity contribution in [2.24, 2.45) is 0 Å². The number of benzene rings is 1. The van der Waals surface area contributed by atoms with Crippen molar-refractivity contribution >= 4 is 17.3 Å². The number of nitrogens with zero attached hydrogens (tertiary/aromatic N) is 1. The highest BCUT2D eigenvalue weighted by Gasteiger charge is 2.15. The summed E-state index contributed by atoms with van der Waals surface area (Å²) in [6, 6.07) is 9.45. The van der Waals surface area contributed by atoms with Gasteiger partial charge in [0, 0.05) is 43.0 Å². The van der Waals surface area contributed by atoms with Crippen LogP contribution >= 0.6 is 0 Å². The van der Waals surface area contributed by atoms with Gasteiger partial charge < -0.3 is 14.8 Å². The molecule has 25 heavy (non-hydrogen) atoms. The highest BCUT2D eigenvalue weighted by atomic mass is 32.2. The smallest absolute Gasteiger partial charge is 0.291 e. The molecule has 6 heteroatoms. The van der Waals surface area contributed by atoms with E-state index in [1.807, 2.05) is 36.4 Å². The number of rotatable bonds is 7. The Kier molecular flexibility index (Phi) is 7.78. The zero-order chi connectivity index (χ0) is 18.1. The summed E-state index contributed by atoms with van der Waals surface area (Å²) < 4.78 is 14.7. The highest BCUT2D eigenvalue weighted by Crippen LogP contribution is 2.09. The number of amides is 1. The molecule has 1 atom stereocenters. The van der Waals surface area contributed by atoms with Gasteiger partial charge in [-0.25, -0.2) is 0 Å². The van der Waals surface area contributed by atoms with Crippen molar-refractivity contribution < 1.29 is 9.35 Å². The van der Waals surface area contributed by atoms with Crippen molar-refractivity contribution in [3.05, 3.63) is 72.0 Å². The third-order valence-corrected chi connectivity index (χ3v) is 4.91. The van der Waals surface area contributed by atoms with Crippen LogP contribution in [0.2, 0.25) is 0 Å². The molecule has 0 aliphatic carbocycles. The molecule has 5 nitrogen and oxygen atoms in total. The van der Waals surface area contributed by atoms with Crippen LogP contribution in [0.4, 0.5) is 0 Å². The number of carbonyl (C=O) groups is 1. The molecule has 1 saturated heterocycles. The monoisotopic (exact) mass is 359 g/mol. The molecule has 0 bridgehead atoms. The normalized spacial score (nSPS) is 16.7. The second-order valence-electron chi connectivity index (χ2n) is 5.71. The Balaban J connectivity index is 1.87. The summed E-state index contributed by atoms with van der Waals surface area (Å²) in [7, 11) is 0. The first-order chi connectivity index (χ1) is 12.1. The topological polar surface area (TPSA) is 67.4 Å². The Hall–Kier alpha value is -2.02. The van der Waals surface area contributed by atoms with Gasteiger partial charge in [-0.15, -0.1) is 0 Å². The van der Waals surface area contributed by atoms with E-state index in [1.165, 1.54) is 0 Å². The van der Waals surface area contributed by atoms with Gasteiger partial charge >= 0.3 is 0 Å². The maximum absolute atomic E-state index is 12.3. The quantitative estimate of drug-likeness (QED) is 0.443. The molecule has 1 heterocycles. The van der Waals surface area contributed by atoms with Crippen molar-refractivity contribution in [2.45, 2.75) is 12.7 Å². The summed E-state index contributed by atoms with van der Waals surface area (Å²) >= 11 is -1.46. The fourth-order valence-corrected chi connectivity index (χ4v) is 3.36. The molecule has 1 aromatic carbocycles. The predicted molar refractivity (Wildman–Crippen MR) is 103 cm³/mol. The molecule has 0 radical (unpaired) electrons. The molecule has 1 fully saturated rings. The van der Waals surface area contributed by atoms with Crippen molar-refractivity contribution in [2.75, 3.05) is 26.2 Å².